The van der Waals surface area contributed by atoms with Crippen molar-refractivity contribution in [2.45, 2.75) is 58.0 Å². The molecule has 0 radical (unpaired) electrons. The first kappa shape index (κ1) is 34.2. The molecule has 0 saturated carbocycles. The molecular formula is C33H43N3O7S. The van der Waals surface area contributed by atoms with E-state index in [1.165, 1.54) is 37.3 Å². The topological polar surface area (TPSA) is 114 Å². The Balaban J connectivity index is 2.10. The molecule has 0 saturated heterocycles. The third-order valence-corrected chi connectivity index (χ3v) is 8.80. The van der Waals surface area contributed by atoms with Crippen LogP contribution in [0.25, 0.3) is 0 Å². The number of carbonyl (C=O) groups excluding carboxylic acids is 2. The highest BCUT2D eigenvalue weighted by Gasteiger charge is 2.34. The van der Waals surface area contributed by atoms with Gasteiger partial charge in [-0.25, -0.2) is 8.42 Å². The molecule has 0 aliphatic carbocycles. The Kier molecular flexibility index (Phi) is 12.5. The van der Waals surface area contributed by atoms with E-state index in [1.807, 2.05) is 52.0 Å². The number of methoxy groups -OCH3 is 2. The fourth-order valence-corrected chi connectivity index (χ4v) is 6.23. The number of nitrogens with zero attached hydrogens (tertiary/aromatic N) is 2. The summed E-state index contributed by atoms with van der Waals surface area (Å²) in [6, 6.07) is 17.6. The van der Waals surface area contributed by atoms with E-state index in [-0.39, 0.29) is 28.8 Å². The minimum absolute atomic E-state index is 0.0881. The number of sulfonamides is 1. The van der Waals surface area contributed by atoms with Crippen molar-refractivity contribution in [1.29, 1.82) is 0 Å². The number of benzene rings is 3. The van der Waals surface area contributed by atoms with Crippen LogP contribution in [-0.4, -0.2) is 65.1 Å². The van der Waals surface area contributed by atoms with Gasteiger partial charge in [-0.15, -0.1) is 0 Å². The van der Waals surface area contributed by atoms with Crippen molar-refractivity contribution in [3.8, 4) is 17.2 Å². The Labute approximate surface area is 261 Å². The molecule has 0 aromatic heterocycles. The molecule has 238 valence electrons. The van der Waals surface area contributed by atoms with Crippen molar-refractivity contribution in [2.24, 2.45) is 0 Å². The van der Waals surface area contributed by atoms with E-state index < -0.39 is 28.5 Å². The highest BCUT2D eigenvalue weighted by Crippen LogP contribution is 2.33. The molecule has 1 N–H and O–H groups in total. The highest BCUT2D eigenvalue weighted by molar-refractivity contribution is 7.92. The Morgan fingerprint density at radius 2 is 1.61 bits per heavy atom. The van der Waals surface area contributed by atoms with E-state index in [0.717, 1.165) is 21.9 Å². The van der Waals surface area contributed by atoms with Crippen LogP contribution in [0, 0.1) is 6.92 Å². The Bertz CT molecular complexity index is 1510. The summed E-state index contributed by atoms with van der Waals surface area (Å²) in [6.45, 7) is 8.07. The van der Waals surface area contributed by atoms with Gasteiger partial charge in [0, 0.05) is 19.2 Å². The summed E-state index contributed by atoms with van der Waals surface area (Å²) in [7, 11) is -1.43. The standard InChI is InChI=1S/C33H43N3O7S/c1-7-19-34-33(38)29(8-2)35(22-25-12-10-11-24(4)20-25)32(37)23-36(26-13-15-27(16-14-26)43-9-3)44(39,40)28-17-18-30(41-5)31(21-28)42-6/h10-18,20-21,29H,7-9,19,22-23H2,1-6H3,(H,34,38). The molecule has 11 heteroatoms. The van der Waals surface area contributed by atoms with E-state index in [9.17, 15) is 18.0 Å². The lowest BCUT2D eigenvalue weighted by Crippen LogP contribution is -2.52. The third kappa shape index (κ3) is 8.43. The van der Waals surface area contributed by atoms with Crippen LogP contribution in [-0.2, 0) is 26.2 Å². The fourth-order valence-electron chi connectivity index (χ4n) is 4.80. The summed E-state index contributed by atoms with van der Waals surface area (Å²) in [6.07, 6.45) is 1.08. The SMILES string of the molecule is CCCNC(=O)C(CC)N(Cc1cccc(C)c1)C(=O)CN(c1ccc(OCC)cc1)S(=O)(=O)c1ccc(OC)c(OC)c1. The average Bonchev–Trinajstić information content (AvgIpc) is 3.02. The van der Waals surface area contributed by atoms with Gasteiger partial charge in [0.2, 0.25) is 11.8 Å². The smallest absolute Gasteiger partial charge is 0.264 e. The number of nitrogens with one attached hydrogen (secondary N) is 1. The van der Waals surface area contributed by atoms with Crippen LogP contribution in [0.15, 0.2) is 71.6 Å². The van der Waals surface area contributed by atoms with E-state index >= 15 is 0 Å². The first-order valence-corrected chi connectivity index (χ1v) is 16.1. The second-order valence-corrected chi connectivity index (χ2v) is 12.0. The molecule has 3 aromatic carbocycles. The first-order valence-electron chi connectivity index (χ1n) is 14.7. The zero-order valence-electron chi connectivity index (χ0n) is 26.3. The maximum atomic E-state index is 14.2. The van der Waals surface area contributed by atoms with Crippen LogP contribution in [0.3, 0.4) is 0 Å². The predicted octanol–water partition coefficient (Wildman–Crippen LogP) is 4.94. The van der Waals surface area contributed by atoms with E-state index in [1.54, 1.807) is 24.3 Å². The average molecular weight is 626 g/mol. The van der Waals surface area contributed by atoms with E-state index in [0.29, 0.717) is 31.1 Å². The van der Waals surface area contributed by atoms with Gasteiger partial charge in [0.05, 0.1) is 31.4 Å². The number of carbonyl (C=O) groups is 2. The summed E-state index contributed by atoms with van der Waals surface area (Å²) in [4.78, 5) is 28.9. The van der Waals surface area contributed by atoms with Crippen molar-refractivity contribution in [3.05, 3.63) is 77.9 Å². The van der Waals surface area contributed by atoms with Gasteiger partial charge >= 0.3 is 0 Å². The maximum absolute atomic E-state index is 14.2. The van der Waals surface area contributed by atoms with Crippen LogP contribution in [0.5, 0.6) is 17.2 Å². The lowest BCUT2D eigenvalue weighted by atomic mass is 10.1. The minimum atomic E-state index is -4.30. The van der Waals surface area contributed by atoms with E-state index in [4.69, 9.17) is 14.2 Å². The van der Waals surface area contributed by atoms with Crippen molar-refractivity contribution >= 4 is 27.5 Å². The Morgan fingerprint density at radius 1 is 0.909 bits per heavy atom. The number of rotatable bonds is 16. The Hall–Kier alpha value is -4.25. The molecule has 0 aliphatic rings. The van der Waals surface area contributed by atoms with Gasteiger partial charge in [-0.1, -0.05) is 43.7 Å². The minimum Gasteiger partial charge on any atom is -0.494 e. The molecule has 0 aliphatic heterocycles. The lowest BCUT2D eigenvalue weighted by molar-refractivity contribution is -0.140. The number of hydrogen-bond acceptors (Lipinski definition) is 7. The number of ether oxygens (including phenoxy) is 3. The van der Waals surface area contributed by atoms with Gasteiger partial charge < -0.3 is 24.4 Å². The molecule has 0 bridgehead atoms. The molecule has 10 nitrogen and oxygen atoms in total. The molecule has 1 atom stereocenters. The molecule has 44 heavy (non-hydrogen) atoms. The number of aryl methyl sites for hydroxylation is 1. The van der Waals surface area contributed by atoms with Crippen LogP contribution in [0.4, 0.5) is 5.69 Å². The van der Waals surface area contributed by atoms with Crippen LogP contribution >= 0.6 is 0 Å². The van der Waals surface area contributed by atoms with Gasteiger partial charge in [-0.3, -0.25) is 13.9 Å². The molecule has 0 heterocycles. The van der Waals surface area contributed by atoms with Gasteiger partial charge in [0.1, 0.15) is 18.3 Å². The predicted molar refractivity (Wildman–Crippen MR) is 171 cm³/mol. The molecule has 3 rings (SSSR count). The largest absolute Gasteiger partial charge is 0.494 e. The molecular weight excluding hydrogens is 582 g/mol. The van der Waals surface area contributed by atoms with Crippen molar-refractivity contribution in [1.82, 2.24) is 10.2 Å². The second kappa shape index (κ2) is 16.0. The molecule has 3 aromatic rings. The van der Waals surface area contributed by atoms with Crippen LogP contribution < -0.4 is 23.8 Å². The lowest BCUT2D eigenvalue weighted by Gasteiger charge is -2.33. The number of anilines is 1. The zero-order valence-corrected chi connectivity index (χ0v) is 27.1. The maximum Gasteiger partial charge on any atom is 0.264 e. The van der Waals surface area contributed by atoms with Gasteiger partial charge in [-0.2, -0.15) is 0 Å². The van der Waals surface area contributed by atoms with E-state index in [2.05, 4.69) is 5.32 Å². The van der Waals surface area contributed by atoms with Gasteiger partial charge in [-0.05, 0) is 68.7 Å². The van der Waals surface area contributed by atoms with Crippen LogP contribution in [0.1, 0.15) is 44.7 Å². The fraction of sp³-hybridized carbons (Fsp3) is 0.394. The number of hydrogen-bond donors (Lipinski definition) is 1. The summed E-state index contributed by atoms with van der Waals surface area (Å²) in [5, 5.41) is 2.89. The Morgan fingerprint density at radius 3 is 2.20 bits per heavy atom. The van der Waals surface area contributed by atoms with Crippen molar-refractivity contribution in [3.63, 3.8) is 0 Å². The highest BCUT2D eigenvalue weighted by atomic mass is 32.2. The van der Waals surface area contributed by atoms with Crippen molar-refractivity contribution < 1.29 is 32.2 Å². The third-order valence-electron chi connectivity index (χ3n) is 7.03. The quantitative estimate of drug-likeness (QED) is 0.240. The van der Waals surface area contributed by atoms with Crippen molar-refractivity contribution in [2.75, 3.05) is 38.2 Å². The summed E-state index contributed by atoms with van der Waals surface area (Å²) in [5.74, 6) is 0.342. The summed E-state index contributed by atoms with van der Waals surface area (Å²) >= 11 is 0. The van der Waals surface area contributed by atoms with Gasteiger partial charge in [0.25, 0.3) is 10.0 Å². The summed E-state index contributed by atoms with van der Waals surface area (Å²) < 4.78 is 45.7. The second-order valence-electron chi connectivity index (χ2n) is 10.2. The summed E-state index contributed by atoms with van der Waals surface area (Å²) in [5.41, 5.74) is 2.09. The number of amides is 2. The van der Waals surface area contributed by atoms with Gasteiger partial charge in [0.15, 0.2) is 11.5 Å². The molecule has 0 fully saturated rings. The zero-order chi connectivity index (χ0) is 32.3. The molecule has 2 amide bonds. The first-order chi connectivity index (χ1) is 21.1. The molecule has 1 unspecified atom stereocenters. The molecule has 0 spiro atoms. The van der Waals surface area contributed by atoms with Crippen LogP contribution in [0.2, 0.25) is 0 Å². The normalized spacial score (nSPS) is 11.8. The monoisotopic (exact) mass is 625 g/mol.